The van der Waals surface area contributed by atoms with Crippen molar-refractivity contribution < 1.29 is 4.42 Å². The highest BCUT2D eigenvalue weighted by atomic mass is 32.1. The minimum Gasteiger partial charge on any atom is -0.456 e. The summed E-state index contributed by atoms with van der Waals surface area (Å²) in [5, 5.41) is 5.20. The molecule has 0 fully saturated rings. The molecule has 2 heteroatoms. The Morgan fingerprint density at radius 3 is 2.27 bits per heavy atom. The summed E-state index contributed by atoms with van der Waals surface area (Å²) in [5.74, 6) is 0. The summed E-state index contributed by atoms with van der Waals surface area (Å²) in [5.41, 5.74) is 7.27. The van der Waals surface area contributed by atoms with Gasteiger partial charge < -0.3 is 4.42 Å². The highest BCUT2D eigenvalue weighted by molar-refractivity contribution is 7.25. The van der Waals surface area contributed by atoms with Crippen molar-refractivity contribution >= 4 is 53.4 Å². The molecule has 4 aromatic carbocycles. The Balaban J connectivity index is 1.38. The van der Waals surface area contributed by atoms with Crippen LogP contribution in [0, 0.1) is 13.8 Å². The van der Waals surface area contributed by atoms with Crippen LogP contribution in [0.1, 0.15) is 22.3 Å². The van der Waals surface area contributed by atoms with E-state index < -0.39 is 0 Å². The van der Waals surface area contributed by atoms with Crippen LogP contribution in [0.5, 0.6) is 0 Å². The zero-order valence-corrected chi connectivity index (χ0v) is 18.0. The van der Waals surface area contributed by atoms with E-state index in [4.69, 9.17) is 4.42 Å². The van der Waals surface area contributed by atoms with Gasteiger partial charge in [0.15, 0.2) is 0 Å². The van der Waals surface area contributed by atoms with Crippen molar-refractivity contribution in [3.63, 3.8) is 0 Å². The minimum absolute atomic E-state index is 0.975. The van der Waals surface area contributed by atoms with E-state index in [1.54, 1.807) is 0 Å². The minimum atomic E-state index is 0.975. The quantitative estimate of drug-likeness (QED) is 0.288. The van der Waals surface area contributed by atoms with Gasteiger partial charge in [-0.25, -0.2) is 0 Å². The van der Waals surface area contributed by atoms with Gasteiger partial charge in [-0.2, -0.15) is 0 Å². The summed E-state index contributed by atoms with van der Waals surface area (Å²) >= 11 is 1.88. The lowest BCUT2D eigenvalue weighted by atomic mass is 10.0. The van der Waals surface area contributed by atoms with Crippen molar-refractivity contribution in [2.75, 3.05) is 0 Å². The Kier molecular flexibility index (Phi) is 3.97. The summed E-state index contributed by atoms with van der Waals surface area (Å²) in [7, 11) is 0. The molecule has 0 N–H and O–H groups in total. The molecule has 0 saturated heterocycles. The molecule has 2 aromatic heterocycles. The third kappa shape index (κ3) is 2.83. The first-order chi connectivity index (χ1) is 14.7. The molecule has 146 valence electrons. The van der Waals surface area contributed by atoms with E-state index in [1.807, 2.05) is 11.3 Å². The fraction of sp³-hybridized carbons (Fsp3) is 0.143. The molecule has 6 aromatic rings. The van der Waals surface area contributed by atoms with Crippen LogP contribution in [0.4, 0.5) is 0 Å². The standard InChI is InChI=1S/C28H22OS/c1-17-6-11-25-22(14-17)21-5-3-4-20(28(21)29-25)10-8-19-9-13-27-24(16-19)23-15-18(2)7-12-26(23)30-27/h3-7,9,11-16H,8,10H2,1-2H3. The number of fused-ring (bicyclic) bond motifs is 6. The third-order valence-electron chi connectivity index (χ3n) is 6.11. The SMILES string of the molecule is Cc1ccc2oc3c(CCc4ccc5sc6ccc(C)cc6c5c4)cccc3c2c1. The second-order valence-corrected chi connectivity index (χ2v) is 9.41. The van der Waals surface area contributed by atoms with Gasteiger partial charge in [-0.3, -0.25) is 0 Å². The van der Waals surface area contributed by atoms with Crippen molar-refractivity contribution in [3.05, 3.63) is 95.1 Å². The van der Waals surface area contributed by atoms with Gasteiger partial charge in [0.2, 0.25) is 0 Å². The normalized spacial score (nSPS) is 11.9. The Morgan fingerprint density at radius 2 is 1.40 bits per heavy atom. The molecule has 2 heterocycles. The average molecular weight is 407 g/mol. The maximum absolute atomic E-state index is 6.26. The Hall–Kier alpha value is -3.10. The van der Waals surface area contributed by atoms with Gasteiger partial charge in [-0.15, -0.1) is 11.3 Å². The molecule has 6 rings (SSSR count). The predicted octanol–water partition coefficient (Wildman–Crippen LogP) is 8.36. The highest BCUT2D eigenvalue weighted by Gasteiger charge is 2.12. The summed E-state index contributed by atoms with van der Waals surface area (Å²) in [6, 6.07) is 26.7. The predicted molar refractivity (Wildman–Crippen MR) is 130 cm³/mol. The number of para-hydroxylation sites is 1. The average Bonchev–Trinajstić information content (AvgIpc) is 3.30. The first kappa shape index (κ1) is 17.7. The first-order valence-corrected chi connectivity index (χ1v) is 11.3. The number of aryl methyl sites for hydroxylation is 4. The number of hydrogen-bond donors (Lipinski definition) is 0. The molecular formula is C28H22OS. The van der Waals surface area contributed by atoms with E-state index in [1.165, 1.54) is 53.2 Å². The largest absolute Gasteiger partial charge is 0.456 e. The van der Waals surface area contributed by atoms with Crippen LogP contribution >= 0.6 is 11.3 Å². The topological polar surface area (TPSA) is 13.1 Å². The second kappa shape index (κ2) is 6.72. The van der Waals surface area contributed by atoms with E-state index in [9.17, 15) is 0 Å². The van der Waals surface area contributed by atoms with Gasteiger partial charge >= 0.3 is 0 Å². The Bertz CT molecular complexity index is 1560. The van der Waals surface area contributed by atoms with E-state index >= 15 is 0 Å². The second-order valence-electron chi connectivity index (χ2n) is 8.33. The van der Waals surface area contributed by atoms with Gasteiger partial charge in [-0.1, -0.05) is 47.5 Å². The lowest BCUT2D eigenvalue weighted by molar-refractivity contribution is 0.662. The van der Waals surface area contributed by atoms with Crippen molar-refractivity contribution in [2.24, 2.45) is 0 Å². The van der Waals surface area contributed by atoms with Gasteiger partial charge in [0.05, 0.1) is 0 Å². The highest BCUT2D eigenvalue weighted by Crippen LogP contribution is 2.36. The molecule has 0 saturated carbocycles. The van der Waals surface area contributed by atoms with Crippen LogP contribution in [0.25, 0.3) is 42.1 Å². The van der Waals surface area contributed by atoms with E-state index in [2.05, 4.69) is 86.6 Å². The Morgan fingerprint density at radius 1 is 0.667 bits per heavy atom. The summed E-state index contributed by atoms with van der Waals surface area (Å²) in [6.45, 7) is 4.30. The van der Waals surface area contributed by atoms with Crippen LogP contribution in [0.2, 0.25) is 0 Å². The molecule has 0 spiro atoms. The van der Waals surface area contributed by atoms with Gasteiger partial charge in [-0.05, 0) is 74.2 Å². The van der Waals surface area contributed by atoms with Crippen molar-refractivity contribution in [1.82, 2.24) is 0 Å². The maximum atomic E-state index is 6.26. The fourth-order valence-electron chi connectivity index (χ4n) is 4.54. The smallest absolute Gasteiger partial charge is 0.138 e. The number of benzene rings is 4. The van der Waals surface area contributed by atoms with Crippen LogP contribution in [-0.2, 0) is 12.8 Å². The zero-order valence-electron chi connectivity index (χ0n) is 17.2. The molecule has 0 bridgehead atoms. The molecule has 0 radical (unpaired) electrons. The zero-order chi connectivity index (χ0) is 20.2. The van der Waals surface area contributed by atoms with Crippen LogP contribution < -0.4 is 0 Å². The molecule has 30 heavy (non-hydrogen) atoms. The summed E-state index contributed by atoms with van der Waals surface area (Å²) in [6.07, 6.45) is 1.98. The summed E-state index contributed by atoms with van der Waals surface area (Å²) < 4.78 is 9.00. The van der Waals surface area contributed by atoms with Crippen molar-refractivity contribution in [3.8, 4) is 0 Å². The molecule has 0 aliphatic rings. The Labute approximate surface area is 179 Å². The van der Waals surface area contributed by atoms with Crippen LogP contribution in [0.15, 0.2) is 77.2 Å². The van der Waals surface area contributed by atoms with Crippen molar-refractivity contribution in [2.45, 2.75) is 26.7 Å². The van der Waals surface area contributed by atoms with Crippen molar-refractivity contribution in [1.29, 1.82) is 0 Å². The van der Waals surface area contributed by atoms with Gasteiger partial charge in [0.1, 0.15) is 11.2 Å². The van der Waals surface area contributed by atoms with Gasteiger partial charge in [0.25, 0.3) is 0 Å². The number of furan rings is 1. The molecule has 0 amide bonds. The lowest BCUT2D eigenvalue weighted by Crippen LogP contribution is -1.91. The molecule has 0 aliphatic heterocycles. The maximum Gasteiger partial charge on any atom is 0.138 e. The first-order valence-electron chi connectivity index (χ1n) is 10.5. The van der Waals surface area contributed by atoms with Crippen LogP contribution in [-0.4, -0.2) is 0 Å². The van der Waals surface area contributed by atoms with Gasteiger partial charge in [0, 0.05) is 30.9 Å². The monoisotopic (exact) mass is 406 g/mol. The molecule has 0 aliphatic carbocycles. The van der Waals surface area contributed by atoms with E-state index in [0.29, 0.717) is 0 Å². The molecule has 0 atom stereocenters. The third-order valence-corrected chi connectivity index (χ3v) is 7.26. The number of thiophene rings is 1. The number of rotatable bonds is 3. The summed E-state index contributed by atoms with van der Waals surface area (Å²) in [4.78, 5) is 0. The molecule has 0 unspecified atom stereocenters. The number of hydrogen-bond acceptors (Lipinski definition) is 2. The molecular weight excluding hydrogens is 384 g/mol. The fourth-order valence-corrected chi connectivity index (χ4v) is 5.61. The van der Waals surface area contributed by atoms with E-state index in [0.717, 1.165) is 24.0 Å². The van der Waals surface area contributed by atoms with Crippen LogP contribution in [0.3, 0.4) is 0 Å². The molecule has 1 nitrogen and oxygen atoms in total. The van der Waals surface area contributed by atoms with E-state index in [-0.39, 0.29) is 0 Å². The lowest BCUT2D eigenvalue weighted by Gasteiger charge is -2.04.